The third-order valence-corrected chi connectivity index (χ3v) is 5.21. The molecule has 1 aliphatic heterocycles. The number of halogens is 1. The second kappa shape index (κ2) is 8.24. The smallest absolute Gasteiger partial charge is 0.128 e. The fraction of sp³-hybridized carbons (Fsp3) is 0.318. The van der Waals surface area contributed by atoms with Crippen LogP contribution in [0.1, 0.15) is 25.0 Å². The van der Waals surface area contributed by atoms with Gasteiger partial charge in [-0.25, -0.2) is 4.98 Å². The topological polar surface area (TPSA) is 74.1 Å². The Hall–Kier alpha value is -2.88. The molecule has 1 aliphatic rings. The largest absolute Gasteiger partial charge is 0.379 e. The minimum atomic E-state index is 0.193. The van der Waals surface area contributed by atoms with Crippen molar-refractivity contribution >= 4 is 34.0 Å². The van der Waals surface area contributed by atoms with Crippen LogP contribution in [0.25, 0.3) is 10.9 Å². The van der Waals surface area contributed by atoms with Gasteiger partial charge in [-0.1, -0.05) is 17.7 Å². The predicted octanol–water partition coefficient (Wildman–Crippen LogP) is 4.38. The number of ether oxygens (including phenoxy) is 1. The second-order valence-corrected chi connectivity index (χ2v) is 7.80. The number of nitrogens with zero attached hydrogens (tertiary/aromatic N) is 4. The molecule has 148 valence electrons. The molecule has 3 aromatic rings. The summed E-state index contributed by atoms with van der Waals surface area (Å²) in [5.74, 6) is 0.953. The summed E-state index contributed by atoms with van der Waals surface area (Å²) in [6, 6.07) is 11.8. The number of morpholine rings is 1. The predicted molar refractivity (Wildman–Crippen MR) is 115 cm³/mol. The summed E-state index contributed by atoms with van der Waals surface area (Å²) in [4.78, 5) is 11.2. The van der Waals surface area contributed by atoms with Crippen molar-refractivity contribution in [1.29, 1.82) is 5.26 Å². The fourth-order valence-corrected chi connectivity index (χ4v) is 3.88. The molecule has 1 saturated heterocycles. The molecule has 2 atom stereocenters. The van der Waals surface area contributed by atoms with Crippen molar-refractivity contribution < 1.29 is 4.74 Å². The molecule has 29 heavy (non-hydrogen) atoms. The number of rotatable bonds is 4. The van der Waals surface area contributed by atoms with Gasteiger partial charge < -0.3 is 15.0 Å². The van der Waals surface area contributed by atoms with Crippen molar-refractivity contribution in [3.8, 4) is 6.07 Å². The van der Waals surface area contributed by atoms with E-state index >= 15 is 0 Å². The average Bonchev–Trinajstić information content (AvgIpc) is 2.71. The van der Waals surface area contributed by atoms with Crippen molar-refractivity contribution in [3.63, 3.8) is 0 Å². The summed E-state index contributed by atoms with van der Waals surface area (Å²) < 4.78 is 5.79. The average molecular weight is 408 g/mol. The van der Waals surface area contributed by atoms with Gasteiger partial charge in [0.15, 0.2) is 0 Å². The number of hydrogen-bond acceptors (Lipinski definition) is 6. The molecule has 2 aromatic heterocycles. The van der Waals surface area contributed by atoms with Gasteiger partial charge in [0, 0.05) is 42.4 Å². The van der Waals surface area contributed by atoms with Crippen LogP contribution in [0.15, 0.2) is 42.7 Å². The fourth-order valence-electron chi connectivity index (χ4n) is 3.70. The molecule has 6 nitrogen and oxygen atoms in total. The van der Waals surface area contributed by atoms with E-state index in [0.717, 1.165) is 41.1 Å². The molecule has 0 radical (unpaired) electrons. The number of anilines is 2. The number of fused-ring (bicyclic) bond motifs is 1. The van der Waals surface area contributed by atoms with Gasteiger partial charge >= 0.3 is 0 Å². The number of nitriles is 1. The highest BCUT2D eigenvalue weighted by atomic mass is 35.5. The van der Waals surface area contributed by atoms with Crippen LogP contribution in [-0.4, -0.2) is 35.3 Å². The highest BCUT2D eigenvalue weighted by molar-refractivity contribution is 6.31. The van der Waals surface area contributed by atoms with E-state index in [1.807, 2.05) is 24.4 Å². The van der Waals surface area contributed by atoms with Crippen LogP contribution in [0.4, 0.5) is 11.5 Å². The molecule has 4 rings (SSSR count). The molecule has 7 heteroatoms. The Labute approximate surface area is 175 Å². The summed E-state index contributed by atoms with van der Waals surface area (Å²) in [6.07, 6.45) is 3.84. The van der Waals surface area contributed by atoms with Crippen molar-refractivity contribution in [3.05, 3.63) is 58.9 Å². The molecule has 3 heterocycles. The van der Waals surface area contributed by atoms with E-state index in [4.69, 9.17) is 16.3 Å². The Morgan fingerprint density at radius 2 is 1.97 bits per heavy atom. The van der Waals surface area contributed by atoms with E-state index in [1.54, 1.807) is 12.3 Å². The summed E-state index contributed by atoms with van der Waals surface area (Å²) in [5, 5.41) is 14.3. The first-order valence-corrected chi connectivity index (χ1v) is 9.99. The minimum absolute atomic E-state index is 0.193. The van der Waals surface area contributed by atoms with E-state index in [2.05, 4.69) is 46.2 Å². The van der Waals surface area contributed by atoms with Gasteiger partial charge in [-0.3, -0.25) is 4.98 Å². The molecule has 0 saturated carbocycles. The number of benzene rings is 1. The van der Waals surface area contributed by atoms with E-state index in [9.17, 15) is 5.26 Å². The van der Waals surface area contributed by atoms with Crippen LogP contribution < -0.4 is 10.2 Å². The van der Waals surface area contributed by atoms with Crippen LogP contribution in [0.5, 0.6) is 0 Å². The normalized spacial score (nSPS) is 19.2. The minimum Gasteiger partial charge on any atom is -0.379 e. The third kappa shape index (κ3) is 4.26. The first kappa shape index (κ1) is 19.4. The second-order valence-electron chi connectivity index (χ2n) is 7.36. The molecule has 2 unspecified atom stereocenters. The molecule has 0 aliphatic carbocycles. The maximum atomic E-state index is 9.48. The zero-order valence-corrected chi connectivity index (χ0v) is 17.1. The summed E-state index contributed by atoms with van der Waals surface area (Å²) >= 11 is 6.15. The number of nitrogens with one attached hydrogen (secondary N) is 1. The van der Waals surface area contributed by atoms with Crippen LogP contribution in [-0.2, 0) is 11.3 Å². The SMILES string of the molecule is CC1CN(c2ccc(CNc3c(C#N)cnc4ccc(Cl)cc34)cn2)CC(C)O1. The molecular formula is C22H22ClN5O. The Bertz CT molecular complexity index is 1050. The van der Waals surface area contributed by atoms with Crippen molar-refractivity contribution in [1.82, 2.24) is 9.97 Å². The lowest BCUT2D eigenvalue weighted by Gasteiger charge is -2.36. The zero-order chi connectivity index (χ0) is 20.4. The van der Waals surface area contributed by atoms with Crippen LogP contribution in [0.3, 0.4) is 0 Å². The van der Waals surface area contributed by atoms with Crippen LogP contribution in [0, 0.1) is 11.3 Å². The van der Waals surface area contributed by atoms with Crippen LogP contribution in [0.2, 0.25) is 5.02 Å². The number of pyridine rings is 2. The van der Waals surface area contributed by atoms with Crippen molar-refractivity contribution in [2.24, 2.45) is 0 Å². The van der Waals surface area contributed by atoms with Crippen LogP contribution >= 0.6 is 11.6 Å². The van der Waals surface area contributed by atoms with E-state index in [0.29, 0.717) is 17.1 Å². The molecule has 1 N–H and O–H groups in total. The van der Waals surface area contributed by atoms with Gasteiger partial charge in [0.2, 0.25) is 0 Å². The van der Waals surface area contributed by atoms with Gasteiger partial charge in [-0.05, 0) is 43.7 Å². The quantitative estimate of drug-likeness (QED) is 0.691. The first-order chi connectivity index (χ1) is 14.0. The van der Waals surface area contributed by atoms with Crippen molar-refractivity contribution in [2.45, 2.75) is 32.6 Å². The molecule has 1 fully saturated rings. The van der Waals surface area contributed by atoms with E-state index in [-0.39, 0.29) is 12.2 Å². The Morgan fingerprint density at radius 1 is 1.17 bits per heavy atom. The first-order valence-electron chi connectivity index (χ1n) is 9.61. The number of aromatic nitrogens is 2. The van der Waals surface area contributed by atoms with Gasteiger partial charge in [0.25, 0.3) is 0 Å². The van der Waals surface area contributed by atoms with E-state index in [1.165, 1.54) is 0 Å². The maximum absolute atomic E-state index is 9.48. The lowest BCUT2D eigenvalue weighted by Crippen LogP contribution is -2.45. The van der Waals surface area contributed by atoms with Gasteiger partial charge in [0.1, 0.15) is 11.9 Å². The molecule has 0 bridgehead atoms. The summed E-state index contributed by atoms with van der Waals surface area (Å²) in [5.41, 5.74) is 3.04. The Morgan fingerprint density at radius 3 is 2.66 bits per heavy atom. The highest BCUT2D eigenvalue weighted by Gasteiger charge is 2.23. The third-order valence-electron chi connectivity index (χ3n) is 4.97. The molecular weight excluding hydrogens is 386 g/mol. The monoisotopic (exact) mass is 407 g/mol. The Kier molecular flexibility index (Phi) is 5.52. The lowest BCUT2D eigenvalue weighted by molar-refractivity contribution is -0.00545. The van der Waals surface area contributed by atoms with E-state index < -0.39 is 0 Å². The summed E-state index contributed by atoms with van der Waals surface area (Å²) in [7, 11) is 0. The van der Waals surface area contributed by atoms with Crippen molar-refractivity contribution in [2.75, 3.05) is 23.3 Å². The zero-order valence-electron chi connectivity index (χ0n) is 16.4. The standard InChI is InChI=1S/C22H22ClN5O/c1-14-12-28(13-15(2)29-14)21-6-3-16(9-26-21)10-27-22-17(8-24)11-25-20-5-4-18(23)7-19(20)22/h3-7,9,11,14-15H,10,12-13H2,1-2H3,(H,25,27). The highest BCUT2D eigenvalue weighted by Crippen LogP contribution is 2.28. The number of hydrogen-bond donors (Lipinski definition) is 1. The van der Waals surface area contributed by atoms with Gasteiger partial charge in [0.05, 0.1) is 29.0 Å². The lowest BCUT2D eigenvalue weighted by atomic mass is 10.1. The molecule has 0 amide bonds. The van der Waals surface area contributed by atoms with Gasteiger partial charge in [-0.2, -0.15) is 5.26 Å². The summed E-state index contributed by atoms with van der Waals surface area (Å²) in [6.45, 7) is 6.38. The molecule has 1 aromatic carbocycles. The Balaban J connectivity index is 1.52. The molecule has 0 spiro atoms. The van der Waals surface area contributed by atoms with Gasteiger partial charge in [-0.15, -0.1) is 0 Å². The maximum Gasteiger partial charge on any atom is 0.128 e.